The van der Waals surface area contributed by atoms with Crippen molar-refractivity contribution in [2.75, 3.05) is 0 Å². The molecule has 2 heterocycles. The molecule has 3 rings (SSSR count). The molecule has 0 aliphatic carbocycles. The van der Waals surface area contributed by atoms with E-state index >= 15 is 0 Å². The van der Waals surface area contributed by atoms with Crippen molar-refractivity contribution in [1.82, 2.24) is 14.0 Å². The molecule has 0 unspecified atom stereocenters. The fourth-order valence-electron chi connectivity index (χ4n) is 2.09. The highest BCUT2D eigenvalue weighted by Gasteiger charge is 2.10. The Bertz CT molecular complexity index is 832. The van der Waals surface area contributed by atoms with Gasteiger partial charge in [0, 0.05) is 0 Å². The molecule has 0 saturated carbocycles. The third kappa shape index (κ3) is 1.74. The number of hydrogen-bond acceptors (Lipinski definition) is 2. The van der Waals surface area contributed by atoms with Crippen LogP contribution in [0.4, 0.5) is 4.39 Å². The molecule has 0 fully saturated rings. The van der Waals surface area contributed by atoms with Crippen LogP contribution >= 0.6 is 0 Å². The number of aryl methyl sites for hydroxylation is 2. The third-order valence-corrected chi connectivity index (χ3v) is 3.29. The number of fused-ring (bicyclic) bond motifs is 1. The van der Waals surface area contributed by atoms with Crippen molar-refractivity contribution in [3.8, 4) is 5.69 Å². The molecule has 0 radical (unpaired) electrons. The molecule has 2 aromatic heterocycles. The van der Waals surface area contributed by atoms with Crippen LogP contribution in [0.5, 0.6) is 0 Å². The van der Waals surface area contributed by atoms with Gasteiger partial charge in [0.1, 0.15) is 12.0 Å². The van der Waals surface area contributed by atoms with Gasteiger partial charge in [-0.25, -0.2) is 4.98 Å². The minimum absolute atomic E-state index is 0.409. The van der Waals surface area contributed by atoms with Crippen LogP contribution < -0.4 is 5.56 Å². The van der Waals surface area contributed by atoms with Crippen molar-refractivity contribution in [2.45, 2.75) is 13.8 Å². The first kappa shape index (κ1) is 11.6. The molecule has 0 aliphatic heterocycles. The zero-order chi connectivity index (χ0) is 13.6. The first-order valence-corrected chi connectivity index (χ1v) is 5.89. The number of hydrogen-bond donors (Lipinski definition) is 0. The van der Waals surface area contributed by atoms with Crippen LogP contribution in [-0.2, 0) is 0 Å². The molecule has 0 atom stereocenters. The summed E-state index contributed by atoms with van der Waals surface area (Å²) in [5.41, 5.74) is 2.93. The van der Waals surface area contributed by atoms with Gasteiger partial charge in [0.05, 0.1) is 18.0 Å². The van der Waals surface area contributed by atoms with Crippen LogP contribution in [0.25, 0.3) is 11.3 Å². The third-order valence-electron chi connectivity index (χ3n) is 3.29. The molecule has 4 nitrogen and oxygen atoms in total. The van der Waals surface area contributed by atoms with Crippen molar-refractivity contribution >= 4 is 5.65 Å². The highest BCUT2D eigenvalue weighted by molar-refractivity contribution is 5.49. The lowest BCUT2D eigenvalue weighted by molar-refractivity contribution is 0.558. The van der Waals surface area contributed by atoms with Crippen molar-refractivity contribution < 1.29 is 4.39 Å². The lowest BCUT2D eigenvalue weighted by atomic mass is 10.1. The lowest BCUT2D eigenvalue weighted by Gasteiger charge is -2.10. The summed E-state index contributed by atoms with van der Waals surface area (Å²) < 4.78 is 16.3. The van der Waals surface area contributed by atoms with E-state index in [2.05, 4.69) is 4.98 Å². The average molecular weight is 257 g/mol. The molecular formula is C14H12FN3O. The van der Waals surface area contributed by atoms with Gasteiger partial charge in [0.2, 0.25) is 5.95 Å². The second-order valence-electron chi connectivity index (χ2n) is 4.53. The Labute approximate surface area is 108 Å². The first-order valence-electron chi connectivity index (χ1n) is 5.89. The van der Waals surface area contributed by atoms with Gasteiger partial charge in [-0.2, -0.15) is 4.39 Å². The summed E-state index contributed by atoms with van der Waals surface area (Å²) in [4.78, 5) is 15.9. The van der Waals surface area contributed by atoms with Gasteiger partial charge in [0.15, 0.2) is 0 Å². The predicted octanol–water partition coefficient (Wildman–Crippen LogP) is 2.24. The van der Waals surface area contributed by atoms with E-state index in [0.29, 0.717) is 11.3 Å². The Morgan fingerprint density at radius 3 is 2.68 bits per heavy atom. The van der Waals surface area contributed by atoms with Gasteiger partial charge in [0.25, 0.3) is 5.56 Å². The van der Waals surface area contributed by atoms with E-state index in [4.69, 9.17) is 0 Å². The Morgan fingerprint density at radius 1 is 1.16 bits per heavy atom. The van der Waals surface area contributed by atoms with Crippen molar-refractivity contribution in [3.05, 3.63) is 64.2 Å². The number of imidazole rings is 1. The molecule has 1 aromatic carbocycles. The van der Waals surface area contributed by atoms with E-state index in [9.17, 15) is 9.18 Å². The standard InChI is InChI=1S/C14H12FN3O/c1-9-3-4-11(5-10(9)2)18-13-7-16-8-17(13)12(15)6-14(18)19/h3-8H,1-2H3. The smallest absolute Gasteiger partial charge is 0.261 e. The van der Waals surface area contributed by atoms with Crippen LogP contribution in [0.3, 0.4) is 0 Å². The summed E-state index contributed by atoms with van der Waals surface area (Å²) >= 11 is 0. The topological polar surface area (TPSA) is 39.3 Å². The highest BCUT2D eigenvalue weighted by atomic mass is 19.1. The van der Waals surface area contributed by atoms with Gasteiger partial charge < -0.3 is 0 Å². The summed E-state index contributed by atoms with van der Waals surface area (Å²) in [5, 5.41) is 0. The average Bonchev–Trinajstić information content (AvgIpc) is 2.83. The fraction of sp³-hybridized carbons (Fsp3) is 0.143. The van der Waals surface area contributed by atoms with Crippen LogP contribution in [0.1, 0.15) is 11.1 Å². The van der Waals surface area contributed by atoms with Gasteiger partial charge in [-0.1, -0.05) is 6.07 Å². The zero-order valence-electron chi connectivity index (χ0n) is 10.6. The predicted molar refractivity (Wildman–Crippen MR) is 70.2 cm³/mol. The molecule has 0 bridgehead atoms. The van der Waals surface area contributed by atoms with E-state index in [1.54, 1.807) is 0 Å². The lowest BCUT2D eigenvalue weighted by Crippen LogP contribution is -2.21. The molecule has 0 spiro atoms. The number of rotatable bonds is 1. The Hall–Kier alpha value is -2.43. The SMILES string of the molecule is Cc1ccc(-n2c(=O)cc(F)n3cncc23)cc1C. The monoisotopic (exact) mass is 257 g/mol. The summed E-state index contributed by atoms with van der Waals surface area (Å²) in [7, 11) is 0. The normalized spacial score (nSPS) is 11.1. The maximum Gasteiger partial charge on any atom is 0.261 e. The Morgan fingerprint density at radius 2 is 1.95 bits per heavy atom. The molecule has 0 aliphatic rings. The molecule has 96 valence electrons. The van der Waals surface area contributed by atoms with Crippen LogP contribution in [0.2, 0.25) is 0 Å². The number of nitrogens with zero attached hydrogens (tertiary/aromatic N) is 3. The second-order valence-corrected chi connectivity index (χ2v) is 4.53. The minimum atomic E-state index is -0.613. The molecule has 5 heteroatoms. The molecule has 19 heavy (non-hydrogen) atoms. The highest BCUT2D eigenvalue weighted by Crippen LogP contribution is 2.15. The van der Waals surface area contributed by atoms with Crippen LogP contribution in [0.15, 0.2) is 41.6 Å². The molecule has 0 N–H and O–H groups in total. The fourth-order valence-corrected chi connectivity index (χ4v) is 2.09. The molecule has 0 saturated heterocycles. The quantitative estimate of drug-likeness (QED) is 0.627. The summed E-state index contributed by atoms with van der Waals surface area (Å²) in [5.74, 6) is -0.613. The molecular weight excluding hydrogens is 245 g/mol. The van der Waals surface area contributed by atoms with E-state index in [1.165, 1.54) is 21.5 Å². The van der Waals surface area contributed by atoms with Gasteiger partial charge in [-0.05, 0) is 37.1 Å². The largest absolute Gasteiger partial charge is 0.269 e. The van der Waals surface area contributed by atoms with Gasteiger partial charge in [-0.3, -0.25) is 13.8 Å². The first-order chi connectivity index (χ1) is 9.08. The van der Waals surface area contributed by atoms with Crippen molar-refractivity contribution in [2.24, 2.45) is 0 Å². The van der Waals surface area contributed by atoms with Crippen molar-refractivity contribution in [3.63, 3.8) is 0 Å². The van der Waals surface area contributed by atoms with Gasteiger partial charge >= 0.3 is 0 Å². The van der Waals surface area contributed by atoms with Gasteiger partial charge in [-0.15, -0.1) is 0 Å². The maximum atomic E-state index is 13.6. The van der Waals surface area contributed by atoms with E-state index in [1.807, 2.05) is 32.0 Å². The maximum absolute atomic E-state index is 13.6. The Kier molecular flexibility index (Phi) is 2.48. The zero-order valence-corrected chi connectivity index (χ0v) is 10.6. The molecule has 3 aromatic rings. The van der Waals surface area contributed by atoms with Crippen LogP contribution in [-0.4, -0.2) is 14.0 Å². The summed E-state index contributed by atoms with van der Waals surface area (Å²) in [6.07, 6.45) is 2.82. The second kappa shape index (κ2) is 4.05. The van der Waals surface area contributed by atoms with Crippen molar-refractivity contribution in [1.29, 1.82) is 0 Å². The minimum Gasteiger partial charge on any atom is -0.269 e. The number of aromatic nitrogens is 3. The number of benzene rings is 1. The molecule has 0 amide bonds. The number of halogens is 1. The summed E-state index contributed by atoms with van der Waals surface area (Å²) in [6.45, 7) is 3.97. The van der Waals surface area contributed by atoms with Crippen LogP contribution in [0, 0.1) is 19.8 Å². The Balaban J connectivity index is 2.39. The summed E-state index contributed by atoms with van der Waals surface area (Å²) in [6, 6.07) is 6.65. The van der Waals surface area contributed by atoms with E-state index < -0.39 is 11.5 Å². The van der Waals surface area contributed by atoms with E-state index in [-0.39, 0.29) is 0 Å². The van der Waals surface area contributed by atoms with E-state index in [0.717, 1.165) is 17.2 Å².